The zero-order valence-corrected chi connectivity index (χ0v) is 16.4. The maximum atomic E-state index is 12.1. The van der Waals surface area contributed by atoms with Crippen molar-refractivity contribution >= 4 is 34.5 Å². The van der Waals surface area contributed by atoms with Crippen LogP contribution in [0.5, 0.6) is 5.75 Å². The van der Waals surface area contributed by atoms with Crippen LogP contribution in [0.4, 0.5) is 5.69 Å². The van der Waals surface area contributed by atoms with Crippen LogP contribution in [0.15, 0.2) is 27.4 Å². The number of nitrogens with zero attached hydrogens (tertiary/aromatic N) is 1. The first-order chi connectivity index (χ1) is 12.5. The Kier molecular flexibility index (Phi) is 4.51. The summed E-state index contributed by atoms with van der Waals surface area (Å²) in [4.78, 5) is 14.5. The molecule has 2 aliphatic rings. The van der Waals surface area contributed by atoms with Crippen molar-refractivity contribution in [1.82, 2.24) is 0 Å². The zero-order chi connectivity index (χ0) is 18.3. The average molecular weight is 372 g/mol. The minimum Gasteiger partial charge on any atom is -0.482 e. The highest BCUT2D eigenvalue weighted by Gasteiger charge is 2.29. The van der Waals surface area contributed by atoms with E-state index in [4.69, 9.17) is 9.15 Å². The molecule has 0 unspecified atom stereocenters. The molecule has 4 rings (SSSR count). The van der Waals surface area contributed by atoms with Crippen LogP contribution in [0.25, 0.3) is 17.0 Å². The van der Waals surface area contributed by atoms with E-state index in [0.29, 0.717) is 5.58 Å². The summed E-state index contributed by atoms with van der Waals surface area (Å²) in [5.74, 6) is 3.08. The monoisotopic (exact) mass is 371 g/mol. The summed E-state index contributed by atoms with van der Waals surface area (Å²) in [5.41, 5.74) is 3.20. The van der Waals surface area contributed by atoms with Gasteiger partial charge in [-0.25, -0.2) is 4.79 Å². The lowest BCUT2D eigenvalue weighted by Gasteiger charge is -2.34. The van der Waals surface area contributed by atoms with Gasteiger partial charge in [0.25, 0.3) is 0 Å². The summed E-state index contributed by atoms with van der Waals surface area (Å²) in [7, 11) is 0. The molecule has 0 radical (unpaired) electrons. The van der Waals surface area contributed by atoms with E-state index in [0.717, 1.165) is 65.4 Å². The Morgan fingerprint density at radius 2 is 2.00 bits per heavy atom. The molecule has 5 heteroatoms. The van der Waals surface area contributed by atoms with Crippen molar-refractivity contribution in [3.05, 3.63) is 39.8 Å². The standard InChI is InChI=1S/C21H25NO3S/c1-4-5-14-12-18(23)24-17-13-16(22-8-10-26-11-9-22)15-6-7-21(2,3)25-20(15)19(14)17/h6-7,12-13H,4-5,8-11H2,1-3H3. The van der Waals surface area contributed by atoms with Crippen molar-refractivity contribution in [2.75, 3.05) is 29.5 Å². The van der Waals surface area contributed by atoms with Crippen molar-refractivity contribution in [1.29, 1.82) is 0 Å². The highest BCUT2D eigenvalue weighted by Crippen LogP contribution is 2.44. The number of ether oxygens (including phenoxy) is 1. The van der Waals surface area contributed by atoms with Crippen molar-refractivity contribution in [3.63, 3.8) is 0 Å². The lowest BCUT2D eigenvalue weighted by Crippen LogP contribution is -2.34. The Hall–Kier alpha value is -1.88. The van der Waals surface area contributed by atoms with Gasteiger partial charge < -0.3 is 14.1 Å². The number of hydrogen-bond acceptors (Lipinski definition) is 5. The number of thioether (sulfide) groups is 1. The molecule has 1 saturated heterocycles. The molecule has 0 bridgehead atoms. The summed E-state index contributed by atoms with van der Waals surface area (Å²) in [5, 5.41) is 0.953. The lowest BCUT2D eigenvalue weighted by atomic mass is 9.95. The molecule has 1 fully saturated rings. The van der Waals surface area contributed by atoms with Gasteiger partial charge in [-0.3, -0.25) is 0 Å². The van der Waals surface area contributed by atoms with Gasteiger partial charge in [0.05, 0.1) is 11.1 Å². The van der Waals surface area contributed by atoms with Gasteiger partial charge >= 0.3 is 5.63 Å². The Labute approximate surface area is 158 Å². The van der Waals surface area contributed by atoms with Gasteiger partial charge in [0.2, 0.25) is 0 Å². The fraction of sp³-hybridized carbons (Fsp3) is 0.476. The van der Waals surface area contributed by atoms with E-state index in [2.05, 4.69) is 37.8 Å². The molecular formula is C21H25NO3S. The fourth-order valence-electron chi connectivity index (χ4n) is 3.75. The molecule has 2 aliphatic heterocycles. The molecule has 0 saturated carbocycles. The van der Waals surface area contributed by atoms with E-state index in [1.807, 2.05) is 17.8 Å². The minimum atomic E-state index is -0.379. The fourth-order valence-corrected chi connectivity index (χ4v) is 4.66. The summed E-state index contributed by atoms with van der Waals surface area (Å²) < 4.78 is 12.0. The molecule has 0 aliphatic carbocycles. The maximum absolute atomic E-state index is 12.1. The van der Waals surface area contributed by atoms with Crippen LogP contribution in [-0.2, 0) is 6.42 Å². The van der Waals surface area contributed by atoms with Crippen molar-refractivity contribution < 1.29 is 9.15 Å². The van der Waals surface area contributed by atoms with Crippen LogP contribution in [0.2, 0.25) is 0 Å². The van der Waals surface area contributed by atoms with E-state index in [-0.39, 0.29) is 11.2 Å². The number of hydrogen-bond donors (Lipinski definition) is 0. The number of rotatable bonds is 3. The zero-order valence-electron chi connectivity index (χ0n) is 15.6. The molecule has 0 spiro atoms. The van der Waals surface area contributed by atoms with E-state index in [1.165, 1.54) is 0 Å². The summed E-state index contributed by atoms with van der Waals surface area (Å²) in [6.07, 6.45) is 6.09. The summed E-state index contributed by atoms with van der Waals surface area (Å²) in [6.45, 7) is 8.23. The van der Waals surface area contributed by atoms with Crippen LogP contribution < -0.4 is 15.3 Å². The summed E-state index contributed by atoms with van der Waals surface area (Å²) in [6, 6.07) is 3.66. The van der Waals surface area contributed by atoms with Gasteiger partial charge in [0.15, 0.2) is 0 Å². The van der Waals surface area contributed by atoms with Crippen LogP contribution in [-0.4, -0.2) is 30.2 Å². The predicted octanol–water partition coefficient (Wildman–Crippen LogP) is 4.48. The maximum Gasteiger partial charge on any atom is 0.336 e. The van der Waals surface area contributed by atoms with Gasteiger partial charge in [-0.05, 0) is 38.0 Å². The number of anilines is 1. The van der Waals surface area contributed by atoms with Gasteiger partial charge in [-0.2, -0.15) is 11.8 Å². The van der Waals surface area contributed by atoms with Crippen molar-refractivity contribution in [2.45, 2.75) is 39.2 Å². The molecule has 2 aromatic rings. The second-order valence-corrected chi connectivity index (χ2v) is 8.72. The normalized spacial score (nSPS) is 18.7. The predicted molar refractivity (Wildman–Crippen MR) is 110 cm³/mol. The van der Waals surface area contributed by atoms with Crippen molar-refractivity contribution in [2.24, 2.45) is 0 Å². The SMILES string of the molecule is CCCc1cc(=O)oc2cc(N3CCSCC3)c3c(c12)OC(C)(C)C=C3. The van der Waals surface area contributed by atoms with Gasteiger partial charge in [-0.1, -0.05) is 13.3 Å². The third-order valence-electron chi connectivity index (χ3n) is 4.97. The Morgan fingerprint density at radius 1 is 1.23 bits per heavy atom. The van der Waals surface area contributed by atoms with E-state index in [9.17, 15) is 4.79 Å². The quantitative estimate of drug-likeness (QED) is 0.744. The Morgan fingerprint density at radius 3 is 2.73 bits per heavy atom. The Balaban J connectivity index is 2.01. The van der Waals surface area contributed by atoms with E-state index in [1.54, 1.807) is 6.07 Å². The third kappa shape index (κ3) is 3.13. The molecule has 1 aromatic carbocycles. The first-order valence-electron chi connectivity index (χ1n) is 9.33. The molecule has 0 atom stereocenters. The topological polar surface area (TPSA) is 42.7 Å². The van der Waals surface area contributed by atoms with Crippen LogP contribution in [0.1, 0.15) is 38.3 Å². The second-order valence-electron chi connectivity index (χ2n) is 7.49. The second kappa shape index (κ2) is 6.69. The van der Waals surface area contributed by atoms with Crippen LogP contribution in [0.3, 0.4) is 0 Å². The smallest absolute Gasteiger partial charge is 0.336 e. The molecule has 138 valence electrons. The van der Waals surface area contributed by atoms with Crippen molar-refractivity contribution in [3.8, 4) is 5.75 Å². The largest absolute Gasteiger partial charge is 0.482 e. The molecular weight excluding hydrogens is 346 g/mol. The van der Waals surface area contributed by atoms with Gasteiger partial charge in [-0.15, -0.1) is 0 Å². The minimum absolute atomic E-state index is 0.285. The lowest BCUT2D eigenvalue weighted by molar-refractivity contribution is 0.161. The highest BCUT2D eigenvalue weighted by molar-refractivity contribution is 7.99. The third-order valence-corrected chi connectivity index (χ3v) is 5.92. The molecule has 0 amide bonds. The van der Waals surface area contributed by atoms with E-state index >= 15 is 0 Å². The van der Waals surface area contributed by atoms with E-state index < -0.39 is 0 Å². The first kappa shape index (κ1) is 17.5. The highest BCUT2D eigenvalue weighted by atomic mass is 32.2. The summed E-state index contributed by atoms with van der Waals surface area (Å²) >= 11 is 1.98. The molecule has 0 N–H and O–H groups in total. The molecule has 1 aromatic heterocycles. The average Bonchev–Trinajstić information content (AvgIpc) is 2.60. The Bertz CT molecular complexity index is 923. The molecule has 3 heterocycles. The molecule has 4 nitrogen and oxygen atoms in total. The first-order valence-corrected chi connectivity index (χ1v) is 10.5. The molecule has 26 heavy (non-hydrogen) atoms. The van der Waals surface area contributed by atoms with Gasteiger partial charge in [0, 0.05) is 42.3 Å². The number of benzene rings is 1. The van der Waals surface area contributed by atoms with Gasteiger partial charge in [0.1, 0.15) is 16.9 Å². The van der Waals surface area contributed by atoms with Crippen LogP contribution >= 0.6 is 11.8 Å². The number of fused-ring (bicyclic) bond motifs is 3. The number of aryl methyl sites for hydroxylation is 1. The van der Waals surface area contributed by atoms with Crippen LogP contribution in [0, 0.1) is 0 Å².